The highest BCUT2D eigenvalue weighted by molar-refractivity contribution is 7.99. The molecule has 2 aromatic rings. The van der Waals surface area contributed by atoms with Crippen LogP contribution in [0.25, 0.3) is 11.0 Å². The van der Waals surface area contributed by atoms with Crippen molar-refractivity contribution in [2.75, 3.05) is 17.6 Å². The van der Waals surface area contributed by atoms with Crippen LogP contribution in [0.4, 0.5) is 5.82 Å². The Labute approximate surface area is 137 Å². The summed E-state index contributed by atoms with van der Waals surface area (Å²) in [6.45, 7) is 5.37. The van der Waals surface area contributed by atoms with Crippen LogP contribution in [0.5, 0.6) is 0 Å². The minimum absolute atomic E-state index is 0.785. The van der Waals surface area contributed by atoms with Gasteiger partial charge in [0.05, 0.1) is 5.39 Å². The molecule has 0 aliphatic heterocycles. The molecule has 2 heterocycles. The summed E-state index contributed by atoms with van der Waals surface area (Å²) in [6.07, 6.45) is 9.20. The van der Waals surface area contributed by atoms with Gasteiger partial charge in [0.25, 0.3) is 0 Å². The molecule has 120 valence electrons. The molecule has 5 heteroatoms. The number of hydrogen-bond donors (Lipinski definition) is 1. The maximum atomic E-state index is 4.69. The summed E-state index contributed by atoms with van der Waals surface area (Å²) in [7, 11) is 0. The van der Waals surface area contributed by atoms with Crippen molar-refractivity contribution in [3.8, 4) is 0 Å². The molecule has 2 aromatic heterocycles. The zero-order chi connectivity index (χ0) is 15.6. The van der Waals surface area contributed by atoms with Gasteiger partial charge in [-0.1, -0.05) is 51.3 Å². The average Bonchev–Trinajstić information content (AvgIpc) is 2.55. The molecule has 0 saturated heterocycles. The Kier molecular flexibility index (Phi) is 7.43. The summed E-state index contributed by atoms with van der Waals surface area (Å²) in [4.78, 5) is 13.7. The maximum Gasteiger partial charge on any atom is 0.191 e. The number of thioether (sulfide) groups is 1. The van der Waals surface area contributed by atoms with Crippen LogP contribution in [0.1, 0.15) is 52.4 Å². The third-order valence-electron chi connectivity index (χ3n) is 3.50. The minimum Gasteiger partial charge on any atom is -0.369 e. The monoisotopic (exact) mass is 318 g/mol. The normalized spacial score (nSPS) is 11.0. The molecular formula is C17H26N4S. The smallest absolute Gasteiger partial charge is 0.191 e. The second-order valence-electron chi connectivity index (χ2n) is 5.42. The Bertz CT molecular complexity index is 574. The first-order chi connectivity index (χ1) is 10.8. The standard InChI is InChI=1S/C17H26N4S/c1-3-5-7-8-13-22-17-20-15(18-11-6-4-2)14-10-9-12-19-16(14)21-17/h9-10,12H,3-8,11,13H2,1-2H3,(H,18,19,20,21). The van der Waals surface area contributed by atoms with Crippen molar-refractivity contribution in [1.29, 1.82) is 0 Å². The highest BCUT2D eigenvalue weighted by Gasteiger charge is 2.08. The number of pyridine rings is 1. The zero-order valence-electron chi connectivity index (χ0n) is 13.6. The summed E-state index contributed by atoms with van der Waals surface area (Å²) >= 11 is 1.74. The van der Waals surface area contributed by atoms with Crippen LogP contribution in [0.3, 0.4) is 0 Å². The van der Waals surface area contributed by atoms with Crippen LogP contribution >= 0.6 is 11.8 Å². The van der Waals surface area contributed by atoms with Crippen molar-refractivity contribution < 1.29 is 0 Å². The molecule has 1 N–H and O–H groups in total. The number of hydrogen-bond acceptors (Lipinski definition) is 5. The molecule has 0 saturated carbocycles. The summed E-state index contributed by atoms with van der Waals surface area (Å²) in [5.41, 5.74) is 0.785. The van der Waals surface area contributed by atoms with Gasteiger partial charge in [0, 0.05) is 18.5 Å². The van der Waals surface area contributed by atoms with Gasteiger partial charge < -0.3 is 5.32 Å². The molecule has 0 aromatic carbocycles. The van der Waals surface area contributed by atoms with E-state index >= 15 is 0 Å². The molecule has 0 spiro atoms. The van der Waals surface area contributed by atoms with E-state index in [1.165, 1.54) is 32.1 Å². The SMILES string of the molecule is CCCCCCSc1nc(NCCCC)c2cccnc2n1. The lowest BCUT2D eigenvalue weighted by Gasteiger charge is -2.09. The molecule has 0 amide bonds. The lowest BCUT2D eigenvalue weighted by atomic mass is 10.2. The average molecular weight is 318 g/mol. The van der Waals surface area contributed by atoms with Crippen LogP contribution in [0.2, 0.25) is 0 Å². The van der Waals surface area contributed by atoms with Gasteiger partial charge in [-0.25, -0.2) is 15.0 Å². The van der Waals surface area contributed by atoms with E-state index in [1.807, 2.05) is 12.1 Å². The first-order valence-electron chi connectivity index (χ1n) is 8.34. The molecule has 0 radical (unpaired) electrons. The third kappa shape index (κ3) is 5.13. The van der Waals surface area contributed by atoms with Gasteiger partial charge >= 0.3 is 0 Å². The number of rotatable bonds is 10. The lowest BCUT2D eigenvalue weighted by Crippen LogP contribution is -2.05. The molecule has 0 atom stereocenters. The highest BCUT2D eigenvalue weighted by Crippen LogP contribution is 2.24. The molecular weight excluding hydrogens is 292 g/mol. The van der Waals surface area contributed by atoms with Crippen molar-refractivity contribution in [3.05, 3.63) is 18.3 Å². The van der Waals surface area contributed by atoms with Crippen molar-refractivity contribution >= 4 is 28.6 Å². The van der Waals surface area contributed by atoms with E-state index in [1.54, 1.807) is 18.0 Å². The van der Waals surface area contributed by atoms with Gasteiger partial charge in [-0.3, -0.25) is 0 Å². The highest BCUT2D eigenvalue weighted by atomic mass is 32.2. The lowest BCUT2D eigenvalue weighted by molar-refractivity contribution is 0.706. The second kappa shape index (κ2) is 9.62. The number of nitrogens with zero attached hydrogens (tertiary/aromatic N) is 3. The van der Waals surface area contributed by atoms with E-state index in [2.05, 4.69) is 29.1 Å². The second-order valence-corrected chi connectivity index (χ2v) is 6.48. The molecule has 0 unspecified atom stereocenters. The van der Waals surface area contributed by atoms with Gasteiger partial charge in [0.1, 0.15) is 5.82 Å². The predicted molar refractivity (Wildman–Crippen MR) is 95.6 cm³/mol. The summed E-state index contributed by atoms with van der Waals surface area (Å²) in [5, 5.41) is 5.28. The van der Waals surface area contributed by atoms with Gasteiger partial charge in [-0.05, 0) is 25.0 Å². The number of fused-ring (bicyclic) bond motifs is 1. The van der Waals surface area contributed by atoms with Crippen molar-refractivity contribution in [3.63, 3.8) is 0 Å². The third-order valence-corrected chi connectivity index (χ3v) is 4.44. The number of anilines is 1. The van der Waals surface area contributed by atoms with Crippen LogP contribution in [-0.4, -0.2) is 27.2 Å². The van der Waals surface area contributed by atoms with E-state index in [0.29, 0.717) is 0 Å². The molecule has 0 aliphatic carbocycles. The largest absolute Gasteiger partial charge is 0.369 e. The Morgan fingerprint density at radius 1 is 1.05 bits per heavy atom. The predicted octanol–water partition coefficient (Wildman–Crippen LogP) is 4.91. The summed E-state index contributed by atoms with van der Waals surface area (Å²) < 4.78 is 0. The van der Waals surface area contributed by atoms with Crippen LogP contribution in [0.15, 0.2) is 23.5 Å². The zero-order valence-corrected chi connectivity index (χ0v) is 14.5. The molecule has 22 heavy (non-hydrogen) atoms. The topological polar surface area (TPSA) is 50.7 Å². The van der Waals surface area contributed by atoms with Crippen LogP contribution in [0, 0.1) is 0 Å². The van der Waals surface area contributed by atoms with Gasteiger partial charge in [-0.2, -0.15) is 0 Å². The van der Waals surface area contributed by atoms with E-state index in [-0.39, 0.29) is 0 Å². The van der Waals surface area contributed by atoms with Crippen molar-refractivity contribution in [1.82, 2.24) is 15.0 Å². The fraction of sp³-hybridized carbons (Fsp3) is 0.588. The van der Waals surface area contributed by atoms with E-state index < -0.39 is 0 Å². The number of aromatic nitrogens is 3. The Balaban J connectivity index is 2.06. The molecule has 2 rings (SSSR count). The summed E-state index contributed by atoms with van der Waals surface area (Å²) in [5.74, 6) is 2.00. The maximum absolute atomic E-state index is 4.69. The van der Waals surface area contributed by atoms with E-state index in [4.69, 9.17) is 4.98 Å². The molecule has 0 fully saturated rings. The van der Waals surface area contributed by atoms with Crippen molar-refractivity contribution in [2.45, 2.75) is 57.5 Å². The minimum atomic E-state index is 0.785. The molecule has 0 aliphatic rings. The van der Waals surface area contributed by atoms with Gasteiger partial charge in [-0.15, -0.1) is 0 Å². The molecule has 4 nitrogen and oxygen atoms in total. The van der Waals surface area contributed by atoms with Crippen LogP contribution in [-0.2, 0) is 0 Å². The number of nitrogens with one attached hydrogen (secondary N) is 1. The molecule has 0 bridgehead atoms. The Morgan fingerprint density at radius 2 is 1.91 bits per heavy atom. The van der Waals surface area contributed by atoms with Gasteiger partial charge in [0.15, 0.2) is 10.8 Å². The summed E-state index contributed by atoms with van der Waals surface area (Å²) in [6, 6.07) is 3.97. The fourth-order valence-corrected chi connectivity index (χ4v) is 3.06. The van der Waals surface area contributed by atoms with E-state index in [0.717, 1.165) is 40.7 Å². The Morgan fingerprint density at radius 3 is 2.73 bits per heavy atom. The first-order valence-corrected chi connectivity index (χ1v) is 9.33. The fourth-order valence-electron chi connectivity index (χ4n) is 2.22. The number of unbranched alkanes of at least 4 members (excludes halogenated alkanes) is 4. The quantitative estimate of drug-likeness (QED) is 0.383. The van der Waals surface area contributed by atoms with Crippen molar-refractivity contribution in [2.24, 2.45) is 0 Å². The van der Waals surface area contributed by atoms with Gasteiger partial charge in [0.2, 0.25) is 0 Å². The first kappa shape index (κ1) is 17.0. The van der Waals surface area contributed by atoms with E-state index in [9.17, 15) is 0 Å². The van der Waals surface area contributed by atoms with Crippen LogP contribution < -0.4 is 5.32 Å². The Hall–Kier alpha value is -1.36.